The van der Waals surface area contributed by atoms with E-state index in [9.17, 15) is 13.2 Å². The first-order valence-electron chi connectivity index (χ1n) is 5.59. The van der Waals surface area contributed by atoms with E-state index in [1.165, 1.54) is 12.1 Å². The number of hydrogen-bond acceptors (Lipinski definition) is 5. The van der Waals surface area contributed by atoms with Crippen LogP contribution >= 0.6 is 22.6 Å². The number of aromatic carboxylic acids is 1. The molecule has 0 aliphatic carbocycles. The zero-order valence-electron chi connectivity index (χ0n) is 10.4. The summed E-state index contributed by atoms with van der Waals surface area (Å²) in [5.41, 5.74) is -0.111. The van der Waals surface area contributed by atoms with Crippen molar-refractivity contribution in [3.8, 4) is 0 Å². The van der Waals surface area contributed by atoms with Crippen LogP contribution in [0.15, 0.2) is 23.1 Å². The van der Waals surface area contributed by atoms with E-state index in [2.05, 4.69) is 0 Å². The zero-order chi connectivity index (χ0) is 15.3. The smallest absolute Gasteiger partial charge is 0.336 e. The molecule has 0 aliphatic rings. The number of carboxylic acids is 1. The number of nitrogens with zero attached hydrogens (tertiary/aromatic N) is 1. The molecule has 0 unspecified atom stereocenters. The molecule has 0 atom stereocenters. The van der Waals surface area contributed by atoms with E-state index in [1.54, 1.807) is 22.6 Å². The molecule has 112 valence electrons. The maximum atomic E-state index is 12.3. The molecule has 0 bridgehead atoms. The van der Waals surface area contributed by atoms with Gasteiger partial charge in [-0.05, 0) is 40.8 Å². The SMILES string of the molecule is O=C(O)c1cc(S(=O)(=O)N(CCO)CCO)ccc1I. The highest BCUT2D eigenvalue weighted by atomic mass is 127. The summed E-state index contributed by atoms with van der Waals surface area (Å²) < 4.78 is 25.9. The van der Waals surface area contributed by atoms with Gasteiger partial charge in [-0.3, -0.25) is 0 Å². The maximum absolute atomic E-state index is 12.3. The van der Waals surface area contributed by atoms with Gasteiger partial charge in [0.2, 0.25) is 10.0 Å². The number of rotatable bonds is 7. The van der Waals surface area contributed by atoms with Gasteiger partial charge in [0.25, 0.3) is 0 Å². The third-order valence-corrected chi connectivity index (χ3v) is 5.34. The first-order chi connectivity index (χ1) is 9.34. The van der Waals surface area contributed by atoms with Crippen molar-refractivity contribution in [1.29, 1.82) is 0 Å². The quantitative estimate of drug-likeness (QED) is 0.539. The molecule has 0 fully saturated rings. The second-order valence-corrected chi connectivity index (χ2v) is 6.90. The molecule has 0 saturated carbocycles. The number of benzene rings is 1. The van der Waals surface area contributed by atoms with Crippen molar-refractivity contribution < 1.29 is 28.5 Å². The minimum Gasteiger partial charge on any atom is -0.478 e. The number of halogens is 1. The number of hydrogen-bond donors (Lipinski definition) is 3. The van der Waals surface area contributed by atoms with Crippen LogP contribution in [-0.4, -0.2) is 60.3 Å². The molecule has 0 aliphatic heterocycles. The number of aliphatic hydroxyl groups excluding tert-OH is 2. The van der Waals surface area contributed by atoms with Crippen LogP contribution in [-0.2, 0) is 10.0 Å². The van der Waals surface area contributed by atoms with Crippen LogP contribution in [0.25, 0.3) is 0 Å². The summed E-state index contributed by atoms with van der Waals surface area (Å²) in [7, 11) is -3.95. The number of sulfonamides is 1. The topological polar surface area (TPSA) is 115 Å². The van der Waals surface area contributed by atoms with Gasteiger partial charge in [0.05, 0.1) is 23.7 Å². The van der Waals surface area contributed by atoms with E-state index in [0.717, 1.165) is 10.4 Å². The van der Waals surface area contributed by atoms with Crippen molar-refractivity contribution in [2.24, 2.45) is 0 Å². The van der Waals surface area contributed by atoms with Crippen LogP contribution in [0, 0.1) is 3.57 Å². The van der Waals surface area contributed by atoms with Crippen LogP contribution in [0.5, 0.6) is 0 Å². The first kappa shape index (κ1) is 17.3. The maximum Gasteiger partial charge on any atom is 0.336 e. The van der Waals surface area contributed by atoms with Gasteiger partial charge in [-0.2, -0.15) is 4.31 Å². The van der Waals surface area contributed by atoms with Gasteiger partial charge in [-0.15, -0.1) is 0 Å². The molecule has 0 spiro atoms. The fourth-order valence-electron chi connectivity index (χ4n) is 1.55. The Morgan fingerprint density at radius 1 is 1.20 bits per heavy atom. The molecule has 0 aromatic heterocycles. The molecule has 0 heterocycles. The van der Waals surface area contributed by atoms with E-state index < -0.39 is 29.2 Å². The first-order valence-corrected chi connectivity index (χ1v) is 8.11. The fourth-order valence-corrected chi connectivity index (χ4v) is 3.57. The van der Waals surface area contributed by atoms with E-state index in [4.69, 9.17) is 15.3 Å². The molecule has 0 radical (unpaired) electrons. The van der Waals surface area contributed by atoms with Crippen molar-refractivity contribution in [3.63, 3.8) is 0 Å². The van der Waals surface area contributed by atoms with Gasteiger partial charge in [0.15, 0.2) is 0 Å². The number of carboxylic acid groups (broad SMARTS) is 1. The molecular formula is C11H14INO6S. The molecule has 3 N–H and O–H groups in total. The average Bonchev–Trinajstić information content (AvgIpc) is 2.38. The summed E-state index contributed by atoms with van der Waals surface area (Å²) in [4.78, 5) is 10.8. The molecule has 7 nitrogen and oxygen atoms in total. The summed E-state index contributed by atoms with van der Waals surface area (Å²) in [6, 6.07) is 3.76. The van der Waals surface area contributed by atoms with Gasteiger partial charge < -0.3 is 15.3 Å². The standard InChI is InChI=1S/C11H14INO6S/c12-10-2-1-8(7-9(10)11(16)17)20(18,19)13(3-5-14)4-6-15/h1-2,7,14-15H,3-6H2,(H,16,17). The summed E-state index contributed by atoms with van der Waals surface area (Å²) in [5.74, 6) is -1.22. The second kappa shape index (κ2) is 7.31. The van der Waals surface area contributed by atoms with Crippen LogP contribution in [0.2, 0.25) is 0 Å². The Morgan fingerprint density at radius 3 is 2.20 bits per heavy atom. The van der Waals surface area contributed by atoms with Crippen LogP contribution in [0.1, 0.15) is 10.4 Å². The Kier molecular flexibility index (Phi) is 6.33. The molecule has 9 heteroatoms. The predicted octanol–water partition coefficient (Wildman–Crippen LogP) is -0.0353. The van der Waals surface area contributed by atoms with Gasteiger partial charge in [-0.25, -0.2) is 13.2 Å². The van der Waals surface area contributed by atoms with E-state index >= 15 is 0 Å². The number of aliphatic hydroxyl groups is 2. The lowest BCUT2D eigenvalue weighted by atomic mass is 10.2. The van der Waals surface area contributed by atoms with Crippen molar-refractivity contribution in [2.45, 2.75) is 4.90 Å². The van der Waals surface area contributed by atoms with Gasteiger partial charge >= 0.3 is 5.97 Å². The van der Waals surface area contributed by atoms with Crippen molar-refractivity contribution >= 4 is 38.6 Å². The second-order valence-electron chi connectivity index (χ2n) is 3.80. The monoisotopic (exact) mass is 415 g/mol. The lowest BCUT2D eigenvalue weighted by molar-refractivity contribution is 0.0695. The third-order valence-electron chi connectivity index (χ3n) is 2.50. The predicted molar refractivity (Wildman–Crippen MR) is 79.0 cm³/mol. The third kappa shape index (κ3) is 3.88. The van der Waals surface area contributed by atoms with Gasteiger partial charge in [-0.1, -0.05) is 0 Å². The Hall–Kier alpha value is -0.750. The van der Waals surface area contributed by atoms with Crippen LogP contribution in [0.3, 0.4) is 0 Å². The van der Waals surface area contributed by atoms with Gasteiger partial charge in [0, 0.05) is 16.7 Å². The summed E-state index contributed by atoms with van der Waals surface area (Å²) in [5, 5.41) is 26.8. The minimum atomic E-state index is -3.95. The van der Waals surface area contributed by atoms with Crippen molar-refractivity contribution in [1.82, 2.24) is 4.31 Å². The normalized spacial score (nSPS) is 11.8. The molecule has 0 saturated heterocycles. The largest absolute Gasteiger partial charge is 0.478 e. The Morgan fingerprint density at radius 2 is 1.75 bits per heavy atom. The van der Waals surface area contributed by atoms with Crippen molar-refractivity contribution in [3.05, 3.63) is 27.3 Å². The van der Waals surface area contributed by atoms with Crippen LogP contribution < -0.4 is 0 Å². The fraction of sp³-hybridized carbons (Fsp3) is 0.364. The van der Waals surface area contributed by atoms with E-state index in [-0.39, 0.29) is 23.5 Å². The molecule has 0 amide bonds. The highest BCUT2D eigenvalue weighted by Crippen LogP contribution is 2.21. The summed E-state index contributed by atoms with van der Waals surface area (Å²) in [6.07, 6.45) is 0. The lowest BCUT2D eigenvalue weighted by Crippen LogP contribution is -2.36. The highest BCUT2D eigenvalue weighted by molar-refractivity contribution is 14.1. The number of carbonyl (C=O) groups is 1. The Bertz CT molecular complexity index is 583. The minimum absolute atomic E-state index is 0.111. The molecule has 1 aromatic carbocycles. The molecule has 1 aromatic rings. The summed E-state index contributed by atoms with van der Waals surface area (Å²) in [6.45, 7) is -1.13. The Balaban J connectivity index is 3.26. The summed E-state index contributed by atoms with van der Waals surface area (Å²) >= 11 is 1.80. The van der Waals surface area contributed by atoms with E-state index in [1.807, 2.05) is 0 Å². The van der Waals surface area contributed by atoms with Crippen molar-refractivity contribution in [2.75, 3.05) is 26.3 Å². The zero-order valence-corrected chi connectivity index (χ0v) is 13.3. The molecule has 1 rings (SSSR count). The van der Waals surface area contributed by atoms with E-state index in [0.29, 0.717) is 3.57 Å². The average molecular weight is 415 g/mol. The molecular weight excluding hydrogens is 401 g/mol. The highest BCUT2D eigenvalue weighted by Gasteiger charge is 2.25. The van der Waals surface area contributed by atoms with Gasteiger partial charge in [0.1, 0.15) is 0 Å². The van der Waals surface area contributed by atoms with Crippen LogP contribution in [0.4, 0.5) is 0 Å². The lowest BCUT2D eigenvalue weighted by Gasteiger charge is -2.20. The molecule has 20 heavy (non-hydrogen) atoms. The Labute approximate surface area is 130 Å².